The molecular formula is C37H24N4. The van der Waals surface area contributed by atoms with E-state index >= 15 is 0 Å². The Bertz CT molecular complexity index is 2140. The van der Waals surface area contributed by atoms with Crippen LogP contribution >= 0.6 is 0 Å². The van der Waals surface area contributed by atoms with Crippen LogP contribution in [0.15, 0.2) is 146 Å². The van der Waals surface area contributed by atoms with Crippen LogP contribution in [0.5, 0.6) is 0 Å². The predicted octanol–water partition coefficient (Wildman–Crippen LogP) is 9.12. The zero-order valence-corrected chi connectivity index (χ0v) is 22.1. The molecule has 192 valence electrons. The number of rotatable bonds is 4. The topological polar surface area (TPSA) is 43.6 Å². The third kappa shape index (κ3) is 4.05. The average molecular weight is 525 g/mol. The third-order valence-electron chi connectivity index (χ3n) is 7.64. The highest BCUT2D eigenvalue weighted by Crippen LogP contribution is 2.35. The summed E-state index contributed by atoms with van der Waals surface area (Å²) in [5, 5.41) is 4.80. The van der Waals surface area contributed by atoms with Gasteiger partial charge in [0.1, 0.15) is 0 Å². The van der Waals surface area contributed by atoms with Crippen LogP contribution in [0.25, 0.3) is 72.4 Å². The number of fused-ring (bicyclic) bond motifs is 4. The van der Waals surface area contributed by atoms with Crippen molar-refractivity contribution < 1.29 is 0 Å². The quantitative estimate of drug-likeness (QED) is 0.231. The molecule has 8 aromatic rings. The van der Waals surface area contributed by atoms with Gasteiger partial charge in [0.2, 0.25) is 5.95 Å². The summed E-state index contributed by atoms with van der Waals surface area (Å²) in [4.78, 5) is 14.9. The maximum atomic E-state index is 5.03. The summed E-state index contributed by atoms with van der Waals surface area (Å²) in [6, 6.07) is 50.5. The second kappa shape index (κ2) is 9.54. The lowest BCUT2D eigenvalue weighted by Gasteiger charge is -2.11. The van der Waals surface area contributed by atoms with Gasteiger partial charge < -0.3 is 0 Å². The van der Waals surface area contributed by atoms with E-state index in [0.717, 1.165) is 32.9 Å². The molecule has 4 nitrogen and oxygen atoms in total. The SMILES string of the molecule is c1ccc(-c2nc(-c3ccccc3)nc(-n3c4ccccc4c4cc(-c5ccc6ccccc6c5)ccc43)n2)cc1. The molecule has 0 N–H and O–H groups in total. The molecule has 2 aromatic heterocycles. The van der Waals surface area contributed by atoms with Gasteiger partial charge in [-0.15, -0.1) is 0 Å². The highest BCUT2D eigenvalue weighted by molar-refractivity contribution is 6.10. The Morgan fingerprint density at radius 3 is 1.66 bits per heavy atom. The van der Waals surface area contributed by atoms with Gasteiger partial charge in [-0.3, -0.25) is 4.57 Å². The normalized spacial score (nSPS) is 11.4. The zero-order chi connectivity index (χ0) is 27.2. The van der Waals surface area contributed by atoms with Crippen LogP contribution in [0.1, 0.15) is 0 Å². The van der Waals surface area contributed by atoms with Gasteiger partial charge in [0.05, 0.1) is 11.0 Å². The van der Waals surface area contributed by atoms with Crippen LogP contribution in [0.2, 0.25) is 0 Å². The number of benzene rings is 6. The zero-order valence-electron chi connectivity index (χ0n) is 22.1. The smallest absolute Gasteiger partial charge is 0.238 e. The van der Waals surface area contributed by atoms with E-state index in [4.69, 9.17) is 15.0 Å². The minimum absolute atomic E-state index is 0.599. The van der Waals surface area contributed by atoms with Crippen molar-refractivity contribution in [3.8, 4) is 39.9 Å². The molecule has 4 heteroatoms. The molecule has 0 bridgehead atoms. The van der Waals surface area contributed by atoms with Gasteiger partial charge in [0.15, 0.2) is 11.6 Å². The van der Waals surface area contributed by atoms with Gasteiger partial charge in [-0.2, -0.15) is 9.97 Å². The minimum atomic E-state index is 0.599. The Kier molecular flexibility index (Phi) is 5.42. The van der Waals surface area contributed by atoms with Crippen molar-refractivity contribution in [2.24, 2.45) is 0 Å². The predicted molar refractivity (Wildman–Crippen MR) is 168 cm³/mol. The van der Waals surface area contributed by atoms with Crippen LogP contribution in [0.4, 0.5) is 0 Å². The maximum absolute atomic E-state index is 5.03. The Morgan fingerprint density at radius 2 is 0.927 bits per heavy atom. The molecule has 0 unspecified atom stereocenters. The van der Waals surface area contributed by atoms with Gasteiger partial charge in [0.25, 0.3) is 0 Å². The van der Waals surface area contributed by atoms with Crippen LogP contribution in [0, 0.1) is 0 Å². The minimum Gasteiger partial charge on any atom is -0.278 e. The van der Waals surface area contributed by atoms with Crippen LogP contribution in [-0.4, -0.2) is 19.5 Å². The van der Waals surface area contributed by atoms with Crippen LogP contribution in [0.3, 0.4) is 0 Å². The molecule has 0 aliphatic carbocycles. The fourth-order valence-electron chi connectivity index (χ4n) is 5.63. The van der Waals surface area contributed by atoms with Crippen molar-refractivity contribution in [2.75, 3.05) is 0 Å². The first-order chi connectivity index (χ1) is 20.3. The Balaban J connectivity index is 1.37. The average Bonchev–Trinajstić information content (AvgIpc) is 3.39. The summed E-state index contributed by atoms with van der Waals surface area (Å²) in [6.45, 7) is 0. The van der Waals surface area contributed by atoms with Crippen molar-refractivity contribution >= 4 is 32.6 Å². The molecule has 41 heavy (non-hydrogen) atoms. The van der Waals surface area contributed by atoms with Crippen molar-refractivity contribution in [3.63, 3.8) is 0 Å². The Hall–Kier alpha value is -5.61. The molecule has 0 spiro atoms. The van der Waals surface area contributed by atoms with Gasteiger partial charge in [-0.25, -0.2) is 4.98 Å². The first-order valence-electron chi connectivity index (χ1n) is 13.7. The Morgan fingerprint density at radius 1 is 0.366 bits per heavy atom. The molecule has 2 heterocycles. The van der Waals surface area contributed by atoms with Crippen LogP contribution < -0.4 is 0 Å². The standard InChI is InChI=1S/C37H24N4/c1-3-12-26(13-4-1)35-38-36(27-14-5-2-6-15-27)40-37(39-35)41-33-18-10-9-17-31(33)32-24-30(21-22-34(32)41)29-20-19-25-11-7-8-16-28(25)23-29/h1-24H. The van der Waals surface area contributed by atoms with E-state index in [1.54, 1.807) is 0 Å². The van der Waals surface area contributed by atoms with Gasteiger partial charge in [0, 0.05) is 21.9 Å². The molecule has 0 fully saturated rings. The molecule has 0 radical (unpaired) electrons. The molecule has 8 rings (SSSR count). The summed E-state index contributed by atoms with van der Waals surface area (Å²) >= 11 is 0. The molecule has 0 atom stereocenters. The lowest BCUT2D eigenvalue weighted by molar-refractivity contribution is 0.953. The number of para-hydroxylation sites is 1. The molecule has 0 saturated heterocycles. The molecule has 0 saturated carbocycles. The first kappa shape index (κ1) is 23.3. The highest BCUT2D eigenvalue weighted by Gasteiger charge is 2.18. The van der Waals surface area contributed by atoms with Crippen molar-refractivity contribution in [2.45, 2.75) is 0 Å². The van der Waals surface area contributed by atoms with Crippen molar-refractivity contribution in [3.05, 3.63) is 146 Å². The summed E-state index contributed by atoms with van der Waals surface area (Å²) in [5.74, 6) is 1.89. The highest BCUT2D eigenvalue weighted by atomic mass is 15.2. The van der Waals surface area contributed by atoms with Crippen molar-refractivity contribution in [1.82, 2.24) is 19.5 Å². The van der Waals surface area contributed by atoms with Crippen molar-refractivity contribution in [1.29, 1.82) is 0 Å². The summed E-state index contributed by atoms with van der Waals surface area (Å²) in [7, 11) is 0. The van der Waals surface area contributed by atoms with Gasteiger partial charge in [-0.05, 0) is 46.2 Å². The first-order valence-corrected chi connectivity index (χ1v) is 13.7. The molecule has 0 amide bonds. The number of nitrogens with zero attached hydrogens (tertiary/aromatic N) is 4. The second-order valence-electron chi connectivity index (χ2n) is 10.2. The largest absolute Gasteiger partial charge is 0.278 e. The monoisotopic (exact) mass is 524 g/mol. The number of hydrogen-bond donors (Lipinski definition) is 0. The molecule has 0 aliphatic heterocycles. The summed E-state index contributed by atoms with van der Waals surface area (Å²) in [5.41, 5.74) is 6.39. The van der Waals surface area contributed by atoms with E-state index in [1.165, 1.54) is 21.9 Å². The van der Waals surface area contributed by atoms with E-state index in [9.17, 15) is 0 Å². The van der Waals surface area contributed by atoms with Crippen LogP contribution in [-0.2, 0) is 0 Å². The number of hydrogen-bond acceptors (Lipinski definition) is 3. The summed E-state index contributed by atoms with van der Waals surface area (Å²) in [6.07, 6.45) is 0. The van der Waals surface area contributed by atoms with E-state index in [2.05, 4.69) is 89.5 Å². The third-order valence-corrected chi connectivity index (χ3v) is 7.64. The molecule has 6 aromatic carbocycles. The lowest BCUT2D eigenvalue weighted by Crippen LogP contribution is -2.06. The fourth-order valence-corrected chi connectivity index (χ4v) is 5.63. The van der Waals surface area contributed by atoms with E-state index in [-0.39, 0.29) is 0 Å². The number of aromatic nitrogens is 4. The lowest BCUT2D eigenvalue weighted by atomic mass is 9.99. The van der Waals surface area contributed by atoms with Gasteiger partial charge >= 0.3 is 0 Å². The molecule has 0 aliphatic rings. The maximum Gasteiger partial charge on any atom is 0.238 e. The van der Waals surface area contributed by atoms with E-state index in [0.29, 0.717) is 17.6 Å². The molecular weight excluding hydrogens is 500 g/mol. The van der Waals surface area contributed by atoms with E-state index < -0.39 is 0 Å². The Labute approximate surface area is 237 Å². The van der Waals surface area contributed by atoms with E-state index in [1.807, 2.05) is 60.7 Å². The second-order valence-corrected chi connectivity index (χ2v) is 10.2. The summed E-state index contributed by atoms with van der Waals surface area (Å²) < 4.78 is 2.16. The fraction of sp³-hybridized carbons (Fsp3) is 0. The van der Waals surface area contributed by atoms with Gasteiger partial charge in [-0.1, -0.05) is 121 Å².